The second kappa shape index (κ2) is 5.32. The third-order valence-electron chi connectivity index (χ3n) is 3.26. The van der Waals surface area contributed by atoms with E-state index in [9.17, 15) is 9.50 Å². The highest BCUT2D eigenvalue weighted by atomic mass is 35.5. The van der Waals surface area contributed by atoms with Crippen molar-refractivity contribution in [1.29, 1.82) is 0 Å². The molecular formula is C16H16ClFO. The Labute approximate surface area is 117 Å². The standard InChI is InChI=1S/C16H16ClFO/c1-11-5-3-4-6-13(11)16(2,19)10-12-7-8-14(17)15(18)9-12/h3-9,19H,10H2,1-2H3. The van der Waals surface area contributed by atoms with Crippen molar-refractivity contribution in [2.45, 2.75) is 25.9 Å². The van der Waals surface area contributed by atoms with Crippen molar-refractivity contribution < 1.29 is 9.50 Å². The molecule has 1 nitrogen and oxygen atoms in total. The molecule has 3 heteroatoms. The quantitative estimate of drug-likeness (QED) is 0.890. The first-order chi connectivity index (χ1) is 8.90. The third kappa shape index (κ3) is 3.14. The van der Waals surface area contributed by atoms with Crippen molar-refractivity contribution in [3.05, 3.63) is 70.0 Å². The lowest BCUT2D eigenvalue weighted by Gasteiger charge is -2.26. The van der Waals surface area contributed by atoms with Crippen LogP contribution in [0.25, 0.3) is 0 Å². The van der Waals surface area contributed by atoms with Crippen LogP contribution in [0.5, 0.6) is 0 Å². The van der Waals surface area contributed by atoms with E-state index in [4.69, 9.17) is 11.6 Å². The van der Waals surface area contributed by atoms with E-state index in [0.29, 0.717) is 6.42 Å². The summed E-state index contributed by atoms with van der Waals surface area (Å²) in [6, 6.07) is 12.3. The van der Waals surface area contributed by atoms with Crippen LogP contribution in [0.15, 0.2) is 42.5 Å². The lowest BCUT2D eigenvalue weighted by atomic mass is 9.86. The van der Waals surface area contributed by atoms with Crippen molar-refractivity contribution >= 4 is 11.6 Å². The van der Waals surface area contributed by atoms with Crippen LogP contribution in [-0.2, 0) is 12.0 Å². The van der Waals surface area contributed by atoms with Gasteiger partial charge < -0.3 is 5.11 Å². The van der Waals surface area contributed by atoms with E-state index >= 15 is 0 Å². The van der Waals surface area contributed by atoms with Gasteiger partial charge in [0, 0.05) is 6.42 Å². The van der Waals surface area contributed by atoms with Gasteiger partial charge in [0.05, 0.1) is 10.6 Å². The van der Waals surface area contributed by atoms with E-state index < -0.39 is 11.4 Å². The molecule has 0 aliphatic carbocycles. The first-order valence-corrected chi connectivity index (χ1v) is 6.50. The number of benzene rings is 2. The van der Waals surface area contributed by atoms with Gasteiger partial charge >= 0.3 is 0 Å². The van der Waals surface area contributed by atoms with Gasteiger partial charge in [0.15, 0.2) is 0 Å². The summed E-state index contributed by atoms with van der Waals surface area (Å²) < 4.78 is 13.4. The topological polar surface area (TPSA) is 20.2 Å². The van der Waals surface area contributed by atoms with E-state index in [1.807, 2.05) is 31.2 Å². The molecule has 2 aromatic carbocycles. The average molecular weight is 279 g/mol. The van der Waals surface area contributed by atoms with Crippen LogP contribution in [0, 0.1) is 12.7 Å². The molecule has 0 saturated heterocycles. The van der Waals surface area contributed by atoms with E-state index in [2.05, 4.69) is 0 Å². The van der Waals surface area contributed by atoms with Gasteiger partial charge in [0.2, 0.25) is 0 Å². The number of hydrogen-bond donors (Lipinski definition) is 1. The molecule has 0 aromatic heterocycles. The predicted octanol–water partition coefficient (Wildman–Crippen LogP) is 4.24. The number of hydrogen-bond acceptors (Lipinski definition) is 1. The Balaban J connectivity index is 2.31. The van der Waals surface area contributed by atoms with Gasteiger partial charge in [-0.2, -0.15) is 0 Å². The maximum absolute atomic E-state index is 13.4. The maximum atomic E-state index is 13.4. The van der Waals surface area contributed by atoms with Crippen LogP contribution in [0.3, 0.4) is 0 Å². The summed E-state index contributed by atoms with van der Waals surface area (Å²) in [5.41, 5.74) is 1.55. The van der Waals surface area contributed by atoms with Gasteiger partial charge in [-0.1, -0.05) is 41.9 Å². The highest BCUT2D eigenvalue weighted by Crippen LogP contribution is 2.28. The molecule has 0 bridgehead atoms. The molecule has 0 saturated carbocycles. The minimum absolute atomic E-state index is 0.0966. The summed E-state index contributed by atoms with van der Waals surface area (Å²) in [7, 11) is 0. The highest BCUT2D eigenvalue weighted by molar-refractivity contribution is 6.30. The van der Waals surface area contributed by atoms with E-state index in [1.54, 1.807) is 13.0 Å². The second-order valence-electron chi connectivity index (χ2n) is 5.01. The zero-order chi connectivity index (χ0) is 14.0. The van der Waals surface area contributed by atoms with Gasteiger partial charge in [-0.3, -0.25) is 0 Å². The summed E-state index contributed by atoms with van der Waals surface area (Å²) in [6.45, 7) is 3.69. The van der Waals surface area contributed by atoms with Gasteiger partial charge in [0.1, 0.15) is 5.82 Å². The Kier molecular flexibility index (Phi) is 3.93. The Morgan fingerprint density at radius 1 is 1.21 bits per heavy atom. The van der Waals surface area contributed by atoms with Crippen LogP contribution < -0.4 is 0 Å². The summed E-state index contributed by atoms with van der Waals surface area (Å²) in [5.74, 6) is -0.459. The number of rotatable bonds is 3. The summed E-state index contributed by atoms with van der Waals surface area (Å²) in [5, 5.41) is 10.7. The maximum Gasteiger partial charge on any atom is 0.142 e. The number of aryl methyl sites for hydroxylation is 1. The van der Waals surface area contributed by atoms with Crippen molar-refractivity contribution in [3.8, 4) is 0 Å². The Morgan fingerprint density at radius 2 is 1.89 bits per heavy atom. The predicted molar refractivity (Wildman–Crippen MR) is 75.9 cm³/mol. The van der Waals surface area contributed by atoms with Crippen molar-refractivity contribution in [2.75, 3.05) is 0 Å². The van der Waals surface area contributed by atoms with Crippen LogP contribution in [0.1, 0.15) is 23.6 Å². The zero-order valence-corrected chi connectivity index (χ0v) is 11.7. The fraction of sp³-hybridized carbons (Fsp3) is 0.250. The van der Waals surface area contributed by atoms with Gasteiger partial charge in [0.25, 0.3) is 0 Å². The Morgan fingerprint density at radius 3 is 2.53 bits per heavy atom. The molecule has 0 heterocycles. The van der Waals surface area contributed by atoms with Crippen molar-refractivity contribution in [3.63, 3.8) is 0 Å². The van der Waals surface area contributed by atoms with E-state index in [1.165, 1.54) is 12.1 Å². The molecule has 19 heavy (non-hydrogen) atoms. The molecule has 0 aliphatic rings. The SMILES string of the molecule is Cc1ccccc1C(C)(O)Cc1ccc(Cl)c(F)c1. The summed E-state index contributed by atoms with van der Waals surface area (Å²) >= 11 is 5.66. The molecule has 2 aromatic rings. The molecule has 1 N–H and O–H groups in total. The average Bonchev–Trinajstić information content (AvgIpc) is 2.34. The monoisotopic (exact) mass is 278 g/mol. The van der Waals surface area contributed by atoms with Crippen LogP contribution in [-0.4, -0.2) is 5.11 Å². The van der Waals surface area contributed by atoms with Gasteiger partial charge in [-0.25, -0.2) is 4.39 Å². The Hall–Kier alpha value is -1.38. The minimum atomic E-state index is -1.04. The summed E-state index contributed by atoms with van der Waals surface area (Å²) in [6.07, 6.45) is 0.339. The largest absolute Gasteiger partial charge is 0.385 e. The fourth-order valence-electron chi connectivity index (χ4n) is 2.32. The fourth-order valence-corrected chi connectivity index (χ4v) is 2.44. The van der Waals surface area contributed by atoms with Gasteiger partial charge in [-0.15, -0.1) is 0 Å². The van der Waals surface area contributed by atoms with Crippen LogP contribution >= 0.6 is 11.6 Å². The normalized spacial score (nSPS) is 14.2. The van der Waals surface area contributed by atoms with E-state index in [0.717, 1.165) is 16.7 Å². The van der Waals surface area contributed by atoms with Crippen molar-refractivity contribution in [2.24, 2.45) is 0 Å². The van der Waals surface area contributed by atoms with Crippen molar-refractivity contribution in [1.82, 2.24) is 0 Å². The highest BCUT2D eigenvalue weighted by Gasteiger charge is 2.25. The molecule has 2 rings (SSSR count). The zero-order valence-electron chi connectivity index (χ0n) is 11.0. The first-order valence-electron chi connectivity index (χ1n) is 6.12. The first kappa shape index (κ1) is 14.0. The molecule has 0 spiro atoms. The molecule has 0 aliphatic heterocycles. The minimum Gasteiger partial charge on any atom is -0.385 e. The molecule has 0 radical (unpaired) electrons. The van der Waals surface area contributed by atoms with E-state index in [-0.39, 0.29) is 5.02 Å². The smallest absolute Gasteiger partial charge is 0.142 e. The van der Waals surface area contributed by atoms with Gasteiger partial charge in [-0.05, 0) is 42.7 Å². The Bertz CT molecular complexity index is 593. The molecule has 1 unspecified atom stereocenters. The molecule has 1 atom stereocenters. The number of halogens is 2. The second-order valence-corrected chi connectivity index (χ2v) is 5.42. The molecular weight excluding hydrogens is 263 g/mol. The summed E-state index contributed by atoms with van der Waals surface area (Å²) in [4.78, 5) is 0. The number of aliphatic hydroxyl groups is 1. The lowest BCUT2D eigenvalue weighted by molar-refractivity contribution is 0.0569. The van der Waals surface area contributed by atoms with Crippen LogP contribution in [0.2, 0.25) is 5.02 Å². The molecule has 0 amide bonds. The molecule has 100 valence electrons. The molecule has 0 fully saturated rings. The van der Waals surface area contributed by atoms with Crippen LogP contribution in [0.4, 0.5) is 4.39 Å². The lowest BCUT2D eigenvalue weighted by Crippen LogP contribution is -2.25. The third-order valence-corrected chi connectivity index (χ3v) is 3.56.